The third-order valence-corrected chi connectivity index (χ3v) is 4.06. The molecule has 126 valence electrons. The topological polar surface area (TPSA) is 36.4 Å². The Morgan fingerprint density at radius 2 is 1.83 bits per heavy atom. The molecule has 6 heteroatoms. The van der Waals surface area contributed by atoms with Crippen molar-refractivity contribution in [3.8, 4) is 0 Å². The van der Waals surface area contributed by atoms with E-state index in [0.29, 0.717) is 18.9 Å². The van der Waals surface area contributed by atoms with Crippen molar-refractivity contribution in [3.63, 3.8) is 0 Å². The van der Waals surface area contributed by atoms with Crippen LogP contribution in [0, 0.1) is 17.5 Å². The van der Waals surface area contributed by atoms with E-state index < -0.39 is 11.6 Å². The quantitative estimate of drug-likeness (QED) is 0.665. The summed E-state index contributed by atoms with van der Waals surface area (Å²) in [4.78, 5) is 4.09. The number of aliphatic imine (C=N–C) groups is 1. The molecule has 24 heavy (non-hydrogen) atoms. The molecule has 2 unspecified atom stereocenters. The summed E-state index contributed by atoms with van der Waals surface area (Å²) in [6, 6.07) is 10.1. The van der Waals surface area contributed by atoms with Crippen LogP contribution in [0.5, 0.6) is 0 Å². The Kier molecular flexibility index (Phi) is 4.74. The summed E-state index contributed by atoms with van der Waals surface area (Å²) >= 11 is 0. The third kappa shape index (κ3) is 3.69. The lowest BCUT2D eigenvalue weighted by molar-refractivity contribution is 0.553. The molecule has 1 fully saturated rings. The van der Waals surface area contributed by atoms with Crippen molar-refractivity contribution in [2.45, 2.75) is 24.9 Å². The van der Waals surface area contributed by atoms with Gasteiger partial charge in [-0.25, -0.2) is 13.2 Å². The van der Waals surface area contributed by atoms with Crippen molar-refractivity contribution in [2.24, 2.45) is 4.99 Å². The molecular weight excluding hydrogens is 315 g/mol. The molecule has 2 aromatic carbocycles. The average Bonchev–Trinajstić information content (AvgIpc) is 3.30. The van der Waals surface area contributed by atoms with Gasteiger partial charge in [0, 0.05) is 31.1 Å². The molecule has 0 radical (unpaired) electrons. The van der Waals surface area contributed by atoms with Gasteiger partial charge in [0.05, 0.1) is 0 Å². The summed E-state index contributed by atoms with van der Waals surface area (Å²) in [7, 11) is 1.61. The fourth-order valence-corrected chi connectivity index (χ4v) is 2.74. The second-order valence-electron chi connectivity index (χ2n) is 5.78. The maximum atomic E-state index is 13.8. The standard InChI is InChI=1S/C18H18F3N3/c1-22-18(23-10-11-4-2-5-12(19)8-11)24-16-9-13(16)17-14(20)6-3-7-15(17)21/h2-8,13,16H,9-10H2,1H3,(H2,22,23,24). The minimum absolute atomic E-state index is 0.0740. The summed E-state index contributed by atoms with van der Waals surface area (Å²) in [6.07, 6.45) is 0.637. The molecular formula is C18H18F3N3. The number of hydrogen-bond donors (Lipinski definition) is 2. The average molecular weight is 333 g/mol. The minimum Gasteiger partial charge on any atom is -0.353 e. The van der Waals surface area contributed by atoms with Crippen LogP contribution < -0.4 is 10.6 Å². The first-order chi connectivity index (χ1) is 11.6. The Hall–Kier alpha value is -2.50. The van der Waals surface area contributed by atoms with Gasteiger partial charge in [-0.05, 0) is 36.2 Å². The molecule has 1 aliphatic rings. The molecule has 2 N–H and O–H groups in total. The fourth-order valence-electron chi connectivity index (χ4n) is 2.74. The molecule has 1 aliphatic carbocycles. The van der Waals surface area contributed by atoms with Crippen molar-refractivity contribution in [1.82, 2.24) is 10.6 Å². The van der Waals surface area contributed by atoms with Gasteiger partial charge < -0.3 is 10.6 Å². The van der Waals surface area contributed by atoms with E-state index in [4.69, 9.17) is 0 Å². The van der Waals surface area contributed by atoms with E-state index in [1.54, 1.807) is 19.2 Å². The van der Waals surface area contributed by atoms with E-state index in [9.17, 15) is 13.2 Å². The molecule has 3 nitrogen and oxygen atoms in total. The van der Waals surface area contributed by atoms with Gasteiger partial charge in [-0.3, -0.25) is 4.99 Å². The van der Waals surface area contributed by atoms with Crippen LogP contribution >= 0.6 is 0 Å². The molecule has 0 bridgehead atoms. The second kappa shape index (κ2) is 6.95. The number of guanidine groups is 1. The number of rotatable bonds is 4. The molecule has 0 amide bonds. The second-order valence-corrected chi connectivity index (χ2v) is 5.78. The van der Waals surface area contributed by atoms with Crippen LogP contribution in [0.15, 0.2) is 47.5 Å². The molecule has 0 spiro atoms. The van der Waals surface area contributed by atoms with Gasteiger partial charge >= 0.3 is 0 Å². The van der Waals surface area contributed by atoms with E-state index in [1.165, 1.54) is 30.3 Å². The normalized spacial score (nSPS) is 19.9. The van der Waals surface area contributed by atoms with Gasteiger partial charge in [0.2, 0.25) is 0 Å². The monoisotopic (exact) mass is 333 g/mol. The fraction of sp³-hybridized carbons (Fsp3) is 0.278. The summed E-state index contributed by atoms with van der Waals surface area (Å²) < 4.78 is 40.7. The van der Waals surface area contributed by atoms with Gasteiger partial charge in [0.25, 0.3) is 0 Å². The first-order valence-electron chi connectivity index (χ1n) is 7.74. The van der Waals surface area contributed by atoms with E-state index >= 15 is 0 Å². The van der Waals surface area contributed by atoms with E-state index in [1.807, 2.05) is 0 Å². The lowest BCUT2D eigenvalue weighted by atomic mass is 10.1. The molecule has 1 saturated carbocycles. The summed E-state index contributed by atoms with van der Waals surface area (Å²) in [5, 5.41) is 6.21. The van der Waals surface area contributed by atoms with Crippen LogP contribution in [0.4, 0.5) is 13.2 Å². The number of halogens is 3. The van der Waals surface area contributed by atoms with E-state index in [2.05, 4.69) is 15.6 Å². The highest BCUT2D eigenvalue weighted by atomic mass is 19.1. The Labute approximate surface area is 138 Å². The zero-order chi connectivity index (χ0) is 17.1. The maximum Gasteiger partial charge on any atom is 0.191 e. The molecule has 0 aliphatic heterocycles. The van der Waals surface area contributed by atoms with Crippen LogP contribution in [0.2, 0.25) is 0 Å². The summed E-state index contributed by atoms with van der Waals surface area (Å²) in [5.74, 6) is -1.03. The van der Waals surface area contributed by atoms with Crippen LogP contribution in [0.1, 0.15) is 23.5 Å². The molecule has 0 heterocycles. The first-order valence-corrected chi connectivity index (χ1v) is 7.74. The summed E-state index contributed by atoms with van der Waals surface area (Å²) in [5.41, 5.74) is 0.904. The number of nitrogens with zero attached hydrogens (tertiary/aromatic N) is 1. The molecule has 0 saturated heterocycles. The van der Waals surface area contributed by atoms with E-state index in [0.717, 1.165) is 5.56 Å². The highest BCUT2D eigenvalue weighted by Crippen LogP contribution is 2.43. The van der Waals surface area contributed by atoms with Gasteiger partial charge in [0.1, 0.15) is 17.5 Å². The van der Waals surface area contributed by atoms with Crippen molar-refractivity contribution in [1.29, 1.82) is 0 Å². The van der Waals surface area contributed by atoms with Gasteiger partial charge in [-0.2, -0.15) is 0 Å². The molecule has 0 aromatic heterocycles. The predicted molar refractivity (Wildman–Crippen MR) is 87.2 cm³/mol. The number of benzene rings is 2. The van der Waals surface area contributed by atoms with Crippen LogP contribution in [0.3, 0.4) is 0 Å². The summed E-state index contributed by atoms with van der Waals surface area (Å²) in [6.45, 7) is 0.406. The van der Waals surface area contributed by atoms with Crippen molar-refractivity contribution >= 4 is 5.96 Å². The SMILES string of the molecule is CN=C(NCc1cccc(F)c1)NC1CC1c1c(F)cccc1F. The lowest BCUT2D eigenvalue weighted by Gasteiger charge is -2.12. The zero-order valence-corrected chi connectivity index (χ0v) is 13.2. The number of hydrogen-bond acceptors (Lipinski definition) is 1. The molecule has 2 aromatic rings. The third-order valence-electron chi connectivity index (χ3n) is 4.06. The number of nitrogens with one attached hydrogen (secondary N) is 2. The highest BCUT2D eigenvalue weighted by molar-refractivity contribution is 5.80. The van der Waals surface area contributed by atoms with Gasteiger partial charge in [0.15, 0.2) is 5.96 Å². The minimum atomic E-state index is -0.521. The van der Waals surface area contributed by atoms with Crippen molar-refractivity contribution in [3.05, 3.63) is 71.0 Å². The zero-order valence-electron chi connectivity index (χ0n) is 13.2. The Morgan fingerprint density at radius 3 is 2.50 bits per heavy atom. The highest BCUT2D eigenvalue weighted by Gasteiger charge is 2.42. The van der Waals surface area contributed by atoms with Crippen LogP contribution in [-0.4, -0.2) is 19.0 Å². The van der Waals surface area contributed by atoms with Crippen LogP contribution in [-0.2, 0) is 6.54 Å². The predicted octanol–water partition coefficient (Wildman–Crippen LogP) is 3.33. The molecule has 2 atom stereocenters. The Balaban J connectivity index is 1.58. The first kappa shape index (κ1) is 16.4. The lowest BCUT2D eigenvalue weighted by Crippen LogP contribution is -2.38. The van der Waals surface area contributed by atoms with Crippen molar-refractivity contribution < 1.29 is 13.2 Å². The van der Waals surface area contributed by atoms with Gasteiger partial charge in [-0.15, -0.1) is 0 Å². The maximum absolute atomic E-state index is 13.8. The molecule has 3 rings (SSSR count). The Bertz CT molecular complexity index is 741. The Morgan fingerprint density at radius 1 is 1.12 bits per heavy atom. The van der Waals surface area contributed by atoms with E-state index in [-0.39, 0.29) is 23.3 Å². The van der Waals surface area contributed by atoms with Crippen molar-refractivity contribution in [2.75, 3.05) is 7.05 Å². The van der Waals surface area contributed by atoms with Gasteiger partial charge in [-0.1, -0.05) is 18.2 Å². The largest absolute Gasteiger partial charge is 0.353 e. The van der Waals surface area contributed by atoms with Crippen LogP contribution in [0.25, 0.3) is 0 Å². The smallest absolute Gasteiger partial charge is 0.191 e.